The molecule has 0 radical (unpaired) electrons. The highest BCUT2D eigenvalue weighted by atomic mass is 32.2. The highest BCUT2D eigenvalue weighted by Crippen LogP contribution is 2.37. The van der Waals surface area contributed by atoms with Gasteiger partial charge in [-0.3, -0.25) is 9.96 Å². The molecule has 1 aliphatic rings. The van der Waals surface area contributed by atoms with Crippen molar-refractivity contribution in [1.82, 2.24) is 19.7 Å². The van der Waals surface area contributed by atoms with Crippen molar-refractivity contribution < 1.29 is 9.53 Å². The quantitative estimate of drug-likeness (QED) is 0.298. The minimum atomic E-state index is -0.896. The summed E-state index contributed by atoms with van der Waals surface area (Å²) in [5, 5.41) is 24.9. The lowest BCUT2D eigenvalue weighted by Crippen LogP contribution is -2.51. The maximum absolute atomic E-state index is 13.6. The van der Waals surface area contributed by atoms with Gasteiger partial charge in [0.15, 0.2) is 4.34 Å². The van der Waals surface area contributed by atoms with Crippen molar-refractivity contribution in [1.29, 1.82) is 0 Å². The summed E-state index contributed by atoms with van der Waals surface area (Å²) >= 11 is 2.89. The first kappa shape index (κ1) is 22.0. The highest BCUT2D eigenvalue weighted by molar-refractivity contribution is 8.01. The van der Waals surface area contributed by atoms with Crippen LogP contribution in [0, 0.1) is 19.1 Å². The Balaban J connectivity index is 1.69. The number of aromatic nitrogens is 2. The van der Waals surface area contributed by atoms with Gasteiger partial charge in [0.2, 0.25) is 0 Å². The number of quaternary nitrogens is 1. The Hall–Kier alpha value is -1.72. The number of nitrogens with zero attached hydrogens (tertiary/aromatic N) is 4. The van der Waals surface area contributed by atoms with Crippen LogP contribution in [0.25, 0.3) is 0 Å². The highest BCUT2D eigenvalue weighted by Gasteiger charge is 2.45. The summed E-state index contributed by atoms with van der Waals surface area (Å²) in [4.78, 5) is 14.3. The van der Waals surface area contributed by atoms with Crippen molar-refractivity contribution in [3.63, 3.8) is 0 Å². The van der Waals surface area contributed by atoms with Gasteiger partial charge in [0.25, 0.3) is 6.23 Å². The van der Waals surface area contributed by atoms with Crippen LogP contribution in [0.1, 0.15) is 30.9 Å². The van der Waals surface area contributed by atoms with Crippen LogP contribution >= 0.6 is 23.1 Å². The van der Waals surface area contributed by atoms with Gasteiger partial charge in [-0.15, -0.1) is 5.10 Å². The third-order valence-electron chi connectivity index (χ3n) is 4.69. The zero-order chi connectivity index (χ0) is 21.0. The summed E-state index contributed by atoms with van der Waals surface area (Å²) in [6.45, 7) is 6.54. The van der Waals surface area contributed by atoms with Gasteiger partial charge >= 0.3 is 11.2 Å². The van der Waals surface area contributed by atoms with Crippen LogP contribution in [-0.2, 0) is 4.74 Å². The number of carbonyl (C=O) groups is 1. The fraction of sp³-hybridized carbons (Fsp3) is 0.526. The number of hydrogen-bond acceptors (Lipinski definition) is 8. The van der Waals surface area contributed by atoms with Crippen LogP contribution in [0.2, 0.25) is 0 Å². The van der Waals surface area contributed by atoms with Crippen LogP contribution in [-0.4, -0.2) is 53.4 Å². The Labute approximate surface area is 179 Å². The molecular weight excluding hydrogens is 410 g/mol. The molecule has 1 aromatic carbocycles. The lowest BCUT2D eigenvalue weighted by molar-refractivity contribution is 0.0553. The molecule has 3 rings (SSSR count). The number of likely N-dealkylation sites (N-methyl/N-ethyl adjacent to an activating group) is 1. The van der Waals surface area contributed by atoms with Crippen LogP contribution in [0.4, 0.5) is 15.6 Å². The molecule has 29 heavy (non-hydrogen) atoms. The van der Waals surface area contributed by atoms with Gasteiger partial charge in [-0.1, -0.05) is 47.9 Å². The molecule has 2 aromatic rings. The van der Waals surface area contributed by atoms with E-state index < -0.39 is 17.0 Å². The van der Waals surface area contributed by atoms with Crippen molar-refractivity contribution in [2.45, 2.75) is 44.2 Å². The van der Waals surface area contributed by atoms with E-state index in [4.69, 9.17) is 4.74 Å². The van der Waals surface area contributed by atoms with Crippen molar-refractivity contribution in [2.24, 2.45) is 0 Å². The van der Waals surface area contributed by atoms with E-state index in [0.29, 0.717) is 17.4 Å². The number of amides is 1. The number of hydroxylamine groups is 2. The topological polar surface area (TPSA) is 90.4 Å². The van der Waals surface area contributed by atoms with Gasteiger partial charge in [0, 0.05) is 11.4 Å². The number of aryl methyl sites for hydroxylation is 2. The zero-order valence-corrected chi connectivity index (χ0v) is 18.8. The standard InChI is InChI=1S/C19H27N5O3S2/c1-5-6-9-28-19-22-21-17(29-19)24(26)12-23(4)11-16(24)27-18(25)20-15-8-7-13(2)10-14(15)3/h7-8,10,16H,5-6,9,11-12H2,1-4H3,(H,20,25). The van der Waals surface area contributed by atoms with E-state index in [1.165, 1.54) is 11.3 Å². The van der Waals surface area contributed by atoms with Crippen LogP contribution in [0.3, 0.4) is 0 Å². The number of carbonyl (C=O) groups excluding carboxylic acids is 1. The maximum Gasteiger partial charge on any atom is 0.416 e. The van der Waals surface area contributed by atoms with Crippen molar-refractivity contribution in [3.05, 3.63) is 34.5 Å². The average molecular weight is 438 g/mol. The fourth-order valence-electron chi connectivity index (χ4n) is 3.15. The summed E-state index contributed by atoms with van der Waals surface area (Å²) < 4.78 is 5.49. The molecule has 8 nitrogen and oxygen atoms in total. The predicted octanol–water partition coefficient (Wildman–Crippen LogP) is 4.33. The maximum atomic E-state index is 13.6. The summed E-state index contributed by atoms with van der Waals surface area (Å²) in [6, 6.07) is 5.72. The van der Waals surface area contributed by atoms with Crippen molar-refractivity contribution >= 4 is 40.0 Å². The molecule has 2 heterocycles. The molecule has 0 aliphatic carbocycles. The van der Waals surface area contributed by atoms with Gasteiger partial charge in [0.05, 0.1) is 6.54 Å². The van der Waals surface area contributed by atoms with E-state index in [-0.39, 0.29) is 6.67 Å². The SMILES string of the molecule is CCCCSc1nnc([N+]2([O-])CN(C)CC2OC(=O)Nc2ccc(C)cc2C)s1. The first-order valence-corrected chi connectivity index (χ1v) is 11.4. The average Bonchev–Trinajstić information content (AvgIpc) is 3.23. The third-order valence-corrected chi connectivity index (χ3v) is 6.94. The van der Waals surface area contributed by atoms with E-state index in [0.717, 1.165) is 34.1 Å². The number of anilines is 1. The second kappa shape index (κ2) is 9.40. The monoisotopic (exact) mass is 437 g/mol. The fourth-order valence-corrected chi connectivity index (χ4v) is 5.21. The number of rotatable bonds is 7. The molecule has 2 unspecified atom stereocenters. The van der Waals surface area contributed by atoms with E-state index in [2.05, 4.69) is 22.4 Å². The minimum Gasteiger partial charge on any atom is -0.622 e. The molecule has 1 fully saturated rings. The predicted molar refractivity (Wildman–Crippen MR) is 118 cm³/mol. The van der Waals surface area contributed by atoms with Crippen molar-refractivity contribution in [2.75, 3.05) is 31.3 Å². The van der Waals surface area contributed by atoms with Gasteiger partial charge in [-0.2, -0.15) is 0 Å². The Morgan fingerprint density at radius 2 is 2.24 bits per heavy atom. The summed E-state index contributed by atoms with van der Waals surface area (Å²) in [6.07, 6.45) is 0.658. The Bertz CT molecular complexity index is 862. The normalized spacial score (nSPS) is 22.0. The van der Waals surface area contributed by atoms with Gasteiger partial charge in [0.1, 0.15) is 6.67 Å². The summed E-state index contributed by atoms with van der Waals surface area (Å²) in [5.74, 6) is 0.947. The molecule has 2 atom stereocenters. The molecule has 1 aromatic heterocycles. The first-order chi connectivity index (χ1) is 13.8. The first-order valence-electron chi connectivity index (χ1n) is 9.61. The second-order valence-corrected chi connectivity index (χ2v) is 9.63. The minimum absolute atomic E-state index is 0.162. The van der Waals surface area contributed by atoms with E-state index in [1.807, 2.05) is 44.0 Å². The number of nitrogens with one attached hydrogen (secondary N) is 1. The number of unbranched alkanes of at least 4 members (excludes halogenated alkanes) is 1. The largest absolute Gasteiger partial charge is 0.622 e. The van der Waals surface area contributed by atoms with Crippen LogP contribution in [0.15, 0.2) is 22.5 Å². The van der Waals surface area contributed by atoms with Gasteiger partial charge in [-0.05, 0) is 50.3 Å². The third kappa shape index (κ3) is 5.26. The Morgan fingerprint density at radius 3 is 2.97 bits per heavy atom. The molecule has 0 saturated carbocycles. The molecule has 1 saturated heterocycles. The molecular formula is C19H27N5O3S2. The summed E-state index contributed by atoms with van der Waals surface area (Å²) in [7, 11) is 1.83. The molecule has 10 heteroatoms. The van der Waals surface area contributed by atoms with E-state index in [1.54, 1.807) is 11.8 Å². The summed E-state index contributed by atoms with van der Waals surface area (Å²) in [5.41, 5.74) is 2.71. The molecule has 0 spiro atoms. The smallest absolute Gasteiger partial charge is 0.416 e. The molecule has 0 bridgehead atoms. The molecule has 1 aliphatic heterocycles. The molecule has 1 amide bonds. The van der Waals surface area contributed by atoms with Crippen LogP contribution in [0.5, 0.6) is 0 Å². The molecule has 158 valence electrons. The number of benzene rings is 1. The van der Waals surface area contributed by atoms with Gasteiger partial charge < -0.3 is 9.94 Å². The van der Waals surface area contributed by atoms with E-state index in [9.17, 15) is 10.0 Å². The number of hydrogen-bond donors (Lipinski definition) is 1. The van der Waals surface area contributed by atoms with Crippen LogP contribution < -0.4 is 9.96 Å². The van der Waals surface area contributed by atoms with E-state index >= 15 is 0 Å². The number of thioether (sulfide) groups is 1. The lowest BCUT2D eigenvalue weighted by Gasteiger charge is -2.38. The molecule has 1 N–H and O–H groups in total. The van der Waals surface area contributed by atoms with Gasteiger partial charge in [-0.25, -0.2) is 9.69 Å². The Morgan fingerprint density at radius 1 is 1.45 bits per heavy atom. The number of ether oxygens (including phenoxy) is 1. The Kier molecular flexibility index (Phi) is 7.12. The van der Waals surface area contributed by atoms with Crippen molar-refractivity contribution in [3.8, 4) is 0 Å². The lowest BCUT2D eigenvalue weighted by atomic mass is 10.1. The zero-order valence-electron chi connectivity index (χ0n) is 17.2. The second-order valence-electron chi connectivity index (χ2n) is 7.33.